The number of carbonyl (C=O) groups is 2. The number of nitrogens with zero attached hydrogens (tertiary/aromatic N) is 2. The summed E-state index contributed by atoms with van der Waals surface area (Å²) in [7, 11) is 0. The van der Waals surface area contributed by atoms with Crippen LogP contribution in [0.3, 0.4) is 0 Å². The number of fused-ring (bicyclic) bond motifs is 7. The maximum absolute atomic E-state index is 14.2. The minimum Gasteiger partial charge on any atom is -0.474 e. The number of hydrogen-bond acceptors (Lipinski definition) is 10. The van der Waals surface area contributed by atoms with E-state index < -0.39 is 35.9 Å². The van der Waals surface area contributed by atoms with E-state index in [-0.39, 0.29) is 42.5 Å². The van der Waals surface area contributed by atoms with Crippen LogP contribution in [0.15, 0.2) is 75.9 Å². The number of ether oxygens (including phenoxy) is 1. The molecule has 0 saturated carbocycles. The number of aromatic amines is 1. The molecule has 2 amide bonds. The summed E-state index contributed by atoms with van der Waals surface area (Å²) in [6.07, 6.45) is 9.53. The minimum atomic E-state index is -0.928. The molecule has 8 atom stereocenters. The molecule has 6 N–H and O–H groups in total. The van der Waals surface area contributed by atoms with Gasteiger partial charge in [-0.2, -0.15) is 0 Å². The van der Waals surface area contributed by atoms with Crippen molar-refractivity contribution < 1.29 is 28.3 Å². The number of β-amino-alcohol motifs (C(OH)–C–C–N with tert-alkyl or cyclic N) is 1. The number of allylic oxidation sites excluding steroid dienone is 2. The first-order chi connectivity index (χ1) is 25.8. The highest BCUT2D eigenvalue weighted by atomic mass is 16.5. The maximum Gasteiger partial charge on any atom is 0.249 e. The Balaban J connectivity index is 1.15. The Kier molecular flexibility index (Phi) is 6.45. The fourth-order valence-corrected chi connectivity index (χ4v) is 9.54. The van der Waals surface area contributed by atoms with Crippen molar-refractivity contribution in [3.63, 3.8) is 0 Å². The van der Waals surface area contributed by atoms with Crippen LogP contribution in [-0.4, -0.2) is 68.9 Å². The lowest BCUT2D eigenvalue weighted by molar-refractivity contribution is -0.130. The van der Waals surface area contributed by atoms with Gasteiger partial charge in [-0.15, -0.1) is 0 Å². The van der Waals surface area contributed by atoms with Gasteiger partial charge in [-0.05, 0) is 41.2 Å². The van der Waals surface area contributed by atoms with E-state index >= 15 is 0 Å². The second-order valence-electron chi connectivity index (χ2n) is 15.4. The van der Waals surface area contributed by atoms with Crippen molar-refractivity contribution in [2.45, 2.75) is 68.6 Å². The van der Waals surface area contributed by atoms with Crippen LogP contribution in [0.5, 0.6) is 5.75 Å². The standard InChI is InChI=1S/C40H37N7O6/c1-17(2)31-38-46-33-34(53-38)40-23-7-3-6-21(20-5-4-8-25-30(20)22(15-42-25)29-16-43-37(33)51-29)32(23)47-39(40)52-28-10-9-18(11-24(28)40)12-27(36(50)45-31)44-35(49)26-13-19(48)14-41-26/h3-11,15-17,19,23,26-27,31-32,39,41-42,47-48H,12-14H2,1-2H3,(H,44,49)(H,45,50)/t19-,23?,26+,27+,31?,32?,39?,40?/m1/s1. The lowest BCUT2D eigenvalue weighted by Crippen LogP contribution is -2.53. The van der Waals surface area contributed by atoms with Crippen LogP contribution in [-0.2, 0) is 21.4 Å². The zero-order valence-corrected chi connectivity index (χ0v) is 29.0. The molecule has 268 valence electrons. The minimum absolute atomic E-state index is 0.144. The van der Waals surface area contributed by atoms with Crippen molar-refractivity contribution in [1.29, 1.82) is 0 Å². The number of aliphatic hydroxyl groups excluding tert-OH is 1. The molecule has 13 nitrogen and oxygen atoms in total. The highest BCUT2D eigenvalue weighted by Gasteiger charge is 2.66. The number of nitrogens with one attached hydrogen (secondary N) is 5. The van der Waals surface area contributed by atoms with Gasteiger partial charge in [-0.25, -0.2) is 9.97 Å². The molecule has 13 heteroatoms. The number of rotatable bonds is 3. The predicted molar refractivity (Wildman–Crippen MR) is 192 cm³/mol. The molecule has 10 bridgehead atoms. The normalized spacial score (nSPS) is 30.3. The molecule has 3 aromatic heterocycles. The second kappa shape index (κ2) is 11.0. The molecule has 2 fully saturated rings. The van der Waals surface area contributed by atoms with Crippen molar-refractivity contribution >= 4 is 28.3 Å². The number of oxazole rings is 2. The number of hydrogen-bond donors (Lipinski definition) is 6. The molecular formula is C40H37N7O6. The molecular weight excluding hydrogens is 674 g/mol. The molecule has 1 aliphatic carbocycles. The monoisotopic (exact) mass is 711 g/mol. The van der Waals surface area contributed by atoms with Gasteiger partial charge in [0.1, 0.15) is 23.2 Å². The van der Waals surface area contributed by atoms with Crippen LogP contribution in [0.25, 0.3) is 39.4 Å². The largest absolute Gasteiger partial charge is 0.474 e. The van der Waals surface area contributed by atoms with E-state index in [4.69, 9.17) is 23.5 Å². The van der Waals surface area contributed by atoms with E-state index in [1.807, 2.05) is 32.2 Å². The molecule has 8 heterocycles. The number of carbonyl (C=O) groups excluding carboxylic acids is 2. The van der Waals surface area contributed by atoms with Crippen molar-refractivity contribution in [2.75, 3.05) is 6.54 Å². The molecule has 1 spiro atoms. The summed E-state index contributed by atoms with van der Waals surface area (Å²) in [5.74, 6) is 1.40. The maximum atomic E-state index is 14.2. The molecule has 0 radical (unpaired) electrons. The Hall–Kier alpha value is -5.50. The van der Waals surface area contributed by atoms with E-state index in [1.165, 1.54) is 0 Å². The number of amides is 2. The van der Waals surface area contributed by atoms with Crippen LogP contribution in [0.2, 0.25) is 0 Å². The molecule has 5 aliphatic heterocycles. The quantitative estimate of drug-likeness (QED) is 0.162. The highest BCUT2D eigenvalue weighted by Crippen LogP contribution is 2.61. The van der Waals surface area contributed by atoms with Gasteiger partial charge in [0.15, 0.2) is 23.4 Å². The average Bonchev–Trinajstić information content (AvgIpc) is 3.99. The van der Waals surface area contributed by atoms with Crippen LogP contribution < -0.4 is 26.0 Å². The van der Waals surface area contributed by atoms with Crippen molar-refractivity contribution in [1.82, 2.24) is 36.2 Å². The van der Waals surface area contributed by atoms with Gasteiger partial charge >= 0.3 is 0 Å². The summed E-state index contributed by atoms with van der Waals surface area (Å²) < 4.78 is 20.5. The number of aromatic nitrogens is 3. The topological polar surface area (TPSA) is 180 Å². The predicted octanol–water partition coefficient (Wildman–Crippen LogP) is 3.61. The summed E-state index contributed by atoms with van der Waals surface area (Å²) >= 11 is 0. The Morgan fingerprint density at radius 2 is 2.06 bits per heavy atom. The van der Waals surface area contributed by atoms with Crippen molar-refractivity contribution in [2.24, 2.45) is 11.8 Å². The third kappa shape index (κ3) is 4.29. The smallest absolute Gasteiger partial charge is 0.249 e. The zero-order chi connectivity index (χ0) is 35.7. The van der Waals surface area contributed by atoms with Gasteiger partial charge in [0, 0.05) is 53.2 Å². The van der Waals surface area contributed by atoms with Gasteiger partial charge in [-0.1, -0.05) is 56.3 Å². The third-order valence-electron chi connectivity index (χ3n) is 12.0. The van der Waals surface area contributed by atoms with Gasteiger partial charge in [0.2, 0.25) is 23.6 Å². The summed E-state index contributed by atoms with van der Waals surface area (Å²) in [4.78, 5) is 41.1. The molecule has 11 rings (SSSR count). The first-order valence-electron chi connectivity index (χ1n) is 18.3. The van der Waals surface area contributed by atoms with Crippen LogP contribution in [0.1, 0.15) is 54.7 Å². The Labute approximate surface area is 303 Å². The molecule has 5 aromatic rings. The fraction of sp³-hybridized carbons (Fsp3) is 0.350. The zero-order valence-electron chi connectivity index (χ0n) is 29.0. The summed E-state index contributed by atoms with van der Waals surface area (Å²) in [5.41, 5.74) is 5.32. The lowest BCUT2D eigenvalue weighted by Gasteiger charge is -2.34. The number of H-pyrrole nitrogens is 1. The Morgan fingerprint density at radius 1 is 1.15 bits per heavy atom. The van der Waals surface area contributed by atoms with Crippen molar-refractivity contribution in [3.05, 3.63) is 95.4 Å². The molecule has 2 saturated heterocycles. The first-order valence-corrected chi connectivity index (χ1v) is 18.3. The van der Waals surface area contributed by atoms with Crippen LogP contribution in [0.4, 0.5) is 0 Å². The first kappa shape index (κ1) is 31.1. The summed E-state index contributed by atoms with van der Waals surface area (Å²) in [6.45, 7) is 4.31. The van der Waals surface area contributed by atoms with Gasteiger partial charge < -0.3 is 39.6 Å². The van der Waals surface area contributed by atoms with Gasteiger partial charge in [0.25, 0.3) is 0 Å². The van der Waals surface area contributed by atoms with Crippen LogP contribution in [0, 0.1) is 11.8 Å². The Morgan fingerprint density at radius 3 is 2.91 bits per heavy atom. The van der Waals surface area contributed by atoms with E-state index in [1.54, 1.807) is 6.20 Å². The molecule has 53 heavy (non-hydrogen) atoms. The number of benzene rings is 2. The van der Waals surface area contributed by atoms with E-state index in [0.29, 0.717) is 41.3 Å². The van der Waals surface area contributed by atoms with E-state index in [9.17, 15) is 14.7 Å². The average molecular weight is 712 g/mol. The second-order valence-corrected chi connectivity index (χ2v) is 15.4. The SMILES string of the molecule is CC(C)C1NC(=O)[C@@H](NC(=O)[C@@H]2C[C@@H](O)CN2)Cc2ccc3c(c2)C24c5oc1nc5-c1ncc(o1)-c1c[nH]c5cccc(c15)C1=CC=CC2C1NC4O3. The molecule has 5 unspecified atom stereocenters. The lowest BCUT2D eigenvalue weighted by atomic mass is 9.65. The fourth-order valence-electron chi connectivity index (χ4n) is 9.54. The van der Waals surface area contributed by atoms with E-state index in [0.717, 1.165) is 38.7 Å². The van der Waals surface area contributed by atoms with Crippen LogP contribution >= 0.6 is 0 Å². The Bertz CT molecular complexity index is 2440. The summed E-state index contributed by atoms with van der Waals surface area (Å²) in [5, 5.41) is 24.3. The summed E-state index contributed by atoms with van der Waals surface area (Å²) in [6, 6.07) is 9.91. The molecule has 6 aliphatic rings. The van der Waals surface area contributed by atoms with Gasteiger partial charge in [0.05, 0.1) is 18.3 Å². The van der Waals surface area contributed by atoms with Gasteiger partial charge in [-0.3, -0.25) is 14.9 Å². The third-order valence-corrected chi connectivity index (χ3v) is 12.0. The molecule has 2 aromatic carbocycles. The number of aliphatic hydroxyl groups is 1. The van der Waals surface area contributed by atoms with Crippen molar-refractivity contribution in [3.8, 4) is 28.7 Å². The highest BCUT2D eigenvalue weighted by molar-refractivity contribution is 6.03. The van der Waals surface area contributed by atoms with E-state index in [2.05, 4.69) is 68.7 Å².